The van der Waals surface area contributed by atoms with Crippen LogP contribution in [0.1, 0.15) is 46.2 Å². The van der Waals surface area contributed by atoms with Gasteiger partial charge in [0, 0.05) is 6.20 Å². The second-order valence-electron chi connectivity index (χ2n) is 3.69. The zero-order valence-corrected chi connectivity index (χ0v) is 11.8. The molecule has 2 nitrogen and oxygen atoms in total. The first kappa shape index (κ1) is 16.3. The highest BCUT2D eigenvalue weighted by atomic mass is 16.1. The average Bonchev–Trinajstić information content (AvgIpc) is 2.46. The molecule has 1 heterocycles. The van der Waals surface area contributed by atoms with Gasteiger partial charge in [-0.25, -0.2) is 0 Å². The molecule has 98 valence electrons. The lowest BCUT2D eigenvalue weighted by atomic mass is 10.1. The van der Waals surface area contributed by atoms with Crippen LogP contribution in [0.2, 0.25) is 0 Å². The van der Waals surface area contributed by atoms with E-state index in [9.17, 15) is 4.79 Å². The number of carbonyl (C=O) groups is 1. The van der Waals surface area contributed by atoms with E-state index in [0.29, 0.717) is 0 Å². The number of allylic oxidation sites excluding steroid dienone is 4. The molecule has 0 aliphatic heterocycles. The maximum atomic E-state index is 10.5. The predicted molar refractivity (Wildman–Crippen MR) is 78.3 cm³/mol. The van der Waals surface area contributed by atoms with Crippen LogP contribution in [-0.4, -0.2) is 11.3 Å². The van der Waals surface area contributed by atoms with E-state index in [1.165, 1.54) is 5.57 Å². The van der Waals surface area contributed by atoms with Crippen molar-refractivity contribution in [2.24, 2.45) is 0 Å². The van der Waals surface area contributed by atoms with Crippen LogP contribution in [0.25, 0.3) is 5.57 Å². The lowest BCUT2D eigenvalue weighted by Crippen LogP contribution is -1.88. The number of aromatic nitrogens is 1. The molecule has 1 rings (SSSR count). The quantitative estimate of drug-likeness (QED) is 0.436. The molecule has 0 aromatic carbocycles. The fraction of sp³-hybridized carbons (Fsp3) is 0.375. The van der Waals surface area contributed by atoms with Crippen molar-refractivity contribution in [1.29, 1.82) is 0 Å². The van der Waals surface area contributed by atoms with Gasteiger partial charge in [0.15, 0.2) is 0 Å². The van der Waals surface area contributed by atoms with Crippen LogP contribution < -0.4 is 0 Å². The van der Waals surface area contributed by atoms with Crippen LogP contribution in [0.4, 0.5) is 0 Å². The first-order valence-electron chi connectivity index (χ1n) is 6.52. The van der Waals surface area contributed by atoms with Crippen LogP contribution in [0.15, 0.2) is 42.1 Å². The van der Waals surface area contributed by atoms with Crippen molar-refractivity contribution in [3.8, 4) is 0 Å². The Kier molecular flexibility index (Phi) is 9.47. The molecular formula is C16H23NO. The van der Waals surface area contributed by atoms with Crippen molar-refractivity contribution in [2.75, 3.05) is 0 Å². The molecule has 0 aliphatic carbocycles. The van der Waals surface area contributed by atoms with Gasteiger partial charge in [-0.15, -0.1) is 0 Å². The maximum absolute atomic E-state index is 10.5. The molecule has 0 N–H and O–H groups in total. The van der Waals surface area contributed by atoms with E-state index >= 15 is 0 Å². The number of nitrogens with zero attached hydrogens (tertiary/aromatic N) is 1. The number of hydrogen-bond donors (Lipinski definition) is 0. The van der Waals surface area contributed by atoms with Crippen LogP contribution in [-0.2, 0) is 4.79 Å². The van der Waals surface area contributed by atoms with Crippen molar-refractivity contribution < 1.29 is 4.79 Å². The van der Waals surface area contributed by atoms with Gasteiger partial charge >= 0.3 is 0 Å². The summed E-state index contributed by atoms with van der Waals surface area (Å²) in [5, 5.41) is 0. The number of carbonyl (C=O) groups excluding carboxylic acids is 1. The Bertz CT molecular complexity index is 391. The minimum absolute atomic E-state index is 0.726. The molecule has 2 heteroatoms. The Morgan fingerprint density at radius 3 is 2.50 bits per heavy atom. The maximum Gasteiger partial charge on any atom is 0.145 e. The molecule has 0 atom stereocenters. The summed E-state index contributed by atoms with van der Waals surface area (Å²) >= 11 is 0. The molecule has 0 unspecified atom stereocenters. The van der Waals surface area contributed by atoms with Crippen molar-refractivity contribution in [3.63, 3.8) is 0 Å². The lowest BCUT2D eigenvalue weighted by molar-refractivity contribution is -0.104. The molecule has 0 fully saturated rings. The van der Waals surface area contributed by atoms with Crippen molar-refractivity contribution >= 4 is 11.9 Å². The van der Waals surface area contributed by atoms with E-state index in [1.807, 2.05) is 44.2 Å². The van der Waals surface area contributed by atoms with Gasteiger partial charge in [0.05, 0.1) is 5.69 Å². The minimum Gasteiger partial charge on any atom is -0.298 e. The second-order valence-corrected chi connectivity index (χ2v) is 3.69. The van der Waals surface area contributed by atoms with Gasteiger partial charge in [0.1, 0.15) is 6.29 Å². The molecule has 1 aromatic heterocycles. The van der Waals surface area contributed by atoms with Crippen molar-refractivity contribution in [1.82, 2.24) is 4.98 Å². The SMILES string of the molecule is CC.CCC/C(=C\C=C(/C)C=O)c1ccccn1. The van der Waals surface area contributed by atoms with Crippen molar-refractivity contribution in [3.05, 3.63) is 47.8 Å². The minimum atomic E-state index is 0.726. The van der Waals surface area contributed by atoms with Gasteiger partial charge < -0.3 is 0 Å². The second kappa shape index (κ2) is 10.5. The Hall–Kier alpha value is -1.70. The Balaban J connectivity index is 0.00000137. The standard InChI is InChI=1S/C14H17NO.C2H6/c1-3-6-13(9-8-12(2)11-16)14-7-4-5-10-15-14;1-2/h4-5,7-11H,3,6H2,1-2H3;1-2H3/b12-8+,13-9+;. The fourth-order valence-electron chi connectivity index (χ4n) is 1.39. The van der Waals surface area contributed by atoms with E-state index in [1.54, 1.807) is 13.1 Å². The summed E-state index contributed by atoms with van der Waals surface area (Å²) in [5.41, 5.74) is 2.88. The highest BCUT2D eigenvalue weighted by molar-refractivity contribution is 5.74. The van der Waals surface area contributed by atoms with Crippen LogP contribution in [0.5, 0.6) is 0 Å². The monoisotopic (exact) mass is 245 g/mol. The summed E-state index contributed by atoms with van der Waals surface area (Å²) in [7, 11) is 0. The molecule has 1 aromatic rings. The molecule has 0 amide bonds. The molecule has 0 aliphatic rings. The van der Waals surface area contributed by atoms with E-state index < -0.39 is 0 Å². The zero-order valence-electron chi connectivity index (χ0n) is 11.8. The molecule has 0 saturated heterocycles. The molecule has 0 radical (unpaired) electrons. The molecule has 0 bridgehead atoms. The third-order valence-corrected chi connectivity index (χ3v) is 2.25. The van der Waals surface area contributed by atoms with Gasteiger partial charge in [0.25, 0.3) is 0 Å². The van der Waals surface area contributed by atoms with Crippen LogP contribution >= 0.6 is 0 Å². The van der Waals surface area contributed by atoms with Gasteiger partial charge in [-0.2, -0.15) is 0 Å². The summed E-state index contributed by atoms with van der Waals surface area (Å²) in [4.78, 5) is 14.8. The van der Waals surface area contributed by atoms with E-state index in [2.05, 4.69) is 11.9 Å². The Labute approximate surface area is 110 Å². The van der Waals surface area contributed by atoms with Crippen LogP contribution in [0, 0.1) is 0 Å². The van der Waals surface area contributed by atoms with Gasteiger partial charge in [-0.05, 0) is 36.6 Å². The predicted octanol–water partition coefficient (Wildman–Crippen LogP) is 4.44. The zero-order chi connectivity index (χ0) is 13.8. The summed E-state index contributed by atoms with van der Waals surface area (Å²) < 4.78 is 0. The number of hydrogen-bond acceptors (Lipinski definition) is 2. The van der Waals surface area contributed by atoms with Gasteiger partial charge in [0.2, 0.25) is 0 Å². The third-order valence-electron chi connectivity index (χ3n) is 2.25. The number of pyridine rings is 1. The summed E-state index contributed by atoms with van der Waals surface area (Å²) in [6.07, 6.45) is 8.51. The average molecular weight is 245 g/mol. The highest BCUT2D eigenvalue weighted by Gasteiger charge is 1.99. The van der Waals surface area contributed by atoms with E-state index in [-0.39, 0.29) is 0 Å². The Morgan fingerprint density at radius 1 is 1.28 bits per heavy atom. The molecule has 0 saturated carbocycles. The molecular weight excluding hydrogens is 222 g/mol. The lowest BCUT2D eigenvalue weighted by Gasteiger charge is -2.03. The van der Waals surface area contributed by atoms with Gasteiger partial charge in [-0.1, -0.05) is 45.4 Å². The fourth-order valence-corrected chi connectivity index (χ4v) is 1.39. The first-order valence-corrected chi connectivity index (χ1v) is 6.52. The van der Waals surface area contributed by atoms with Crippen LogP contribution in [0.3, 0.4) is 0 Å². The van der Waals surface area contributed by atoms with E-state index in [0.717, 1.165) is 30.4 Å². The largest absolute Gasteiger partial charge is 0.298 e. The normalized spacial score (nSPS) is 11.6. The summed E-state index contributed by atoms with van der Waals surface area (Å²) in [6, 6.07) is 5.87. The molecule has 18 heavy (non-hydrogen) atoms. The van der Waals surface area contributed by atoms with Gasteiger partial charge in [-0.3, -0.25) is 9.78 Å². The van der Waals surface area contributed by atoms with E-state index in [4.69, 9.17) is 0 Å². The third kappa shape index (κ3) is 6.14. The molecule has 0 spiro atoms. The first-order chi connectivity index (χ1) is 8.77. The smallest absolute Gasteiger partial charge is 0.145 e. The Morgan fingerprint density at radius 2 is 2.00 bits per heavy atom. The highest BCUT2D eigenvalue weighted by Crippen LogP contribution is 2.17. The summed E-state index contributed by atoms with van der Waals surface area (Å²) in [5.74, 6) is 0. The van der Waals surface area contributed by atoms with Crippen molar-refractivity contribution in [2.45, 2.75) is 40.5 Å². The number of rotatable bonds is 5. The topological polar surface area (TPSA) is 30.0 Å². The summed E-state index contributed by atoms with van der Waals surface area (Å²) in [6.45, 7) is 7.93. The number of aldehydes is 1.